The number of hydrogen-bond acceptors (Lipinski definition) is 1. The largest absolute Gasteiger partial charge is 0.344 e. The summed E-state index contributed by atoms with van der Waals surface area (Å²) in [6.07, 6.45) is 2.96. The summed E-state index contributed by atoms with van der Waals surface area (Å²) in [4.78, 5) is 9.33. The van der Waals surface area contributed by atoms with Gasteiger partial charge in [-0.15, -0.1) is 0 Å². The summed E-state index contributed by atoms with van der Waals surface area (Å²) in [5.41, 5.74) is 0. The summed E-state index contributed by atoms with van der Waals surface area (Å²) in [5, 5.41) is -0.400. The molecule has 1 unspecified atom stereocenters. The highest BCUT2D eigenvalue weighted by Crippen LogP contribution is 2.52. The van der Waals surface area contributed by atoms with Crippen LogP contribution in [0.3, 0.4) is 0 Å². The molecule has 0 saturated carbocycles. The highest BCUT2D eigenvalue weighted by atomic mass is 31.2. The summed E-state index contributed by atoms with van der Waals surface area (Å²) in [6, 6.07) is 0. The number of unbranched alkanes of at least 4 members (excludes halogenated alkanes) is 1. The zero-order valence-corrected chi connectivity index (χ0v) is 8.82. The van der Waals surface area contributed by atoms with Crippen LogP contribution in [0, 0.1) is 0 Å². The minimum atomic E-state index is -2.90. The van der Waals surface area contributed by atoms with Gasteiger partial charge in [0.15, 0.2) is 0 Å². The molecule has 0 aliphatic rings. The standard InChI is InChI=1S/C8H19O2P/c1-5-6-7-8(2,3)11(4,9)10/h5-7H2,1-4H3,(H,9,10). The maximum absolute atomic E-state index is 11.3. The second-order valence-electron chi connectivity index (χ2n) is 3.80. The molecule has 0 aliphatic carbocycles. The average molecular weight is 178 g/mol. The van der Waals surface area contributed by atoms with E-state index in [-0.39, 0.29) is 0 Å². The molecule has 0 aliphatic heterocycles. The van der Waals surface area contributed by atoms with Gasteiger partial charge in [-0.05, 0) is 6.42 Å². The molecule has 68 valence electrons. The minimum Gasteiger partial charge on any atom is -0.344 e. The van der Waals surface area contributed by atoms with Crippen molar-refractivity contribution in [1.29, 1.82) is 0 Å². The Balaban J connectivity index is 4.11. The minimum absolute atomic E-state index is 0.400. The van der Waals surface area contributed by atoms with Crippen molar-refractivity contribution in [1.82, 2.24) is 0 Å². The van der Waals surface area contributed by atoms with E-state index < -0.39 is 12.5 Å². The zero-order chi connectivity index (χ0) is 9.12. The molecule has 0 radical (unpaired) electrons. The third-order valence-electron chi connectivity index (χ3n) is 2.27. The second kappa shape index (κ2) is 3.73. The molecule has 1 N–H and O–H groups in total. The van der Waals surface area contributed by atoms with Crippen LogP contribution in [0.4, 0.5) is 0 Å². The van der Waals surface area contributed by atoms with Gasteiger partial charge in [-0.2, -0.15) is 0 Å². The molecule has 0 aromatic heterocycles. The van der Waals surface area contributed by atoms with Crippen molar-refractivity contribution in [2.24, 2.45) is 0 Å². The van der Waals surface area contributed by atoms with Gasteiger partial charge in [0, 0.05) is 11.8 Å². The van der Waals surface area contributed by atoms with Crippen molar-refractivity contribution in [3.8, 4) is 0 Å². The van der Waals surface area contributed by atoms with Gasteiger partial charge in [-0.3, -0.25) is 4.57 Å². The quantitative estimate of drug-likeness (QED) is 0.672. The van der Waals surface area contributed by atoms with Crippen LogP contribution in [0.5, 0.6) is 0 Å². The molecule has 11 heavy (non-hydrogen) atoms. The van der Waals surface area contributed by atoms with Crippen LogP contribution in [0.15, 0.2) is 0 Å². The van der Waals surface area contributed by atoms with Gasteiger partial charge in [-0.1, -0.05) is 33.6 Å². The van der Waals surface area contributed by atoms with E-state index in [0.717, 1.165) is 19.3 Å². The van der Waals surface area contributed by atoms with Gasteiger partial charge in [0.2, 0.25) is 7.37 Å². The molecule has 0 heterocycles. The fourth-order valence-electron chi connectivity index (χ4n) is 0.817. The fraction of sp³-hybridized carbons (Fsp3) is 1.00. The van der Waals surface area contributed by atoms with E-state index in [0.29, 0.717) is 0 Å². The predicted molar refractivity (Wildman–Crippen MR) is 49.4 cm³/mol. The van der Waals surface area contributed by atoms with Gasteiger partial charge in [0.1, 0.15) is 0 Å². The van der Waals surface area contributed by atoms with E-state index in [1.807, 2.05) is 13.8 Å². The zero-order valence-electron chi connectivity index (χ0n) is 7.92. The van der Waals surface area contributed by atoms with Crippen LogP contribution < -0.4 is 0 Å². The molecule has 3 heteroatoms. The first-order valence-corrected chi connectivity index (χ1v) is 6.22. The fourth-order valence-corrected chi connectivity index (χ4v) is 1.39. The summed E-state index contributed by atoms with van der Waals surface area (Å²) in [5.74, 6) is 0. The Morgan fingerprint density at radius 3 is 2.18 bits per heavy atom. The molecule has 0 saturated heterocycles. The van der Waals surface area contributed by atoms with Gasteiger partial charge in [0.05, 0.1) is 0 Å². The second-order valence-corrected chi connectivity index (χ2v) is 6.76. The highest BCUT2D eigenvalue weighted by Gasteiger charge is 2.33. The first-order valence-electron chi connectivity index (χ1n) is 4.11. The third-order valence-corrected chi connectivity index (χ3v) is 4.74. The van der Waals surface area contributed by atoms with Crippen LogP contribution >= 0.6 is 7.37 Å². The topological polar surface area (TPSA) is 37.3 Å². The smallest absolute Gasteiger partial charge is 0.203 e. The van der Waals surface area contributed by atoms with Crippen LogP contribution in [-0.4, -0.2) is 16.7 Å². The van der Waals surface area contributed by atoms with Crippen molar-refractivity contribution < 1.29 is 9.46 Å². The summed E-state index contributed by atoms with van der Waals surface area (Å²) in [7, 11) is -2.90. The summed E-state index contributed by atoms with van der Waals surface area (Å²) < 4.78 is 11.3. The van der Waals surface area contributed by atoms with Crippen LogP contribution in [0.1, 0.15) is 40.0 Å². The SMILES string of the molecule is CCCCC(C)(C)P(C)(=O)O. The van der Waals surface area contributed by atoms with Crippen LogP contribution in [-0.2, 0) is 4.57 Å². The molecular weight excluding hydrogens is 159 g/mol. The Hall–Kier alpha value is 0.190. The van der Waals surface area contributed by atoms with Crippen molar-refractivity contribution in [3.05, 3.63) is 0 Å². The van der Waals surface area contributed by atoms with Gasteiger partial charge >= 0.3 is 0 Å². The molecule has 0 bridgehead atoms. The lowest BCUT2D eigenvalue weighted by Crippen LogP contribution is -2.19. The predicted octanol–water partition coefficient (Wildman–Crippen LogP) is 2.86. The van der Waals surface area contributed by atoms with Gasteiger partial charge in [-0.25, -0.2) is 0 Å². The lowest BCUT2D eigenvalue weighted by atomic mass is 10.1. The molecule has 1 atom stereocenters. The first-order chi connectivity index (χ1) is 4.81. The Morgan fingerprint density at radius 2 is 1.91 bits per heavy atom. The van der Waals surface area contributed by atoms with E-state index in [1.165, 1.54) is 6.66 Å². The highest BCUT2D eigenvalue weighted by molar-refractivity contribution is 7.58. The lowest BCUT2D eigenvalue weighted by Gasteiger charge is -2.27. The van der Waals surface area contributed by atoms with Gasteiger partial charge < -0.3 is 4.89 Å². The molecule has 0 fully saturated rings. The van der Waals surface area contributed by atoms with E-state index in [1.54, 1.807) is 0 Å². The Kier molecular flexibility index (Phi) is 3.79. The number of hydrogen-bond donors (Lipinski definition) is 1. The molecule has 0 amide bonds. The van der Waals surface area contributed by atoms with Crippen LogP contribution in [0.2, 0.25) is 0 Å². The Bertz CT molecular complexity index is 157. The van der Waals surface area contributed by atoms with E-state index >= 15 is 0 Å². The Morgan fingerprint density at radius 1 is 1.45 bits per heavy atom. The van der Waals surface area contributed by atoms with Gasteiger partial charge in [0.25, 0.3) is 0 Å². The van der Waals surface area contributed by atoms with E-state index in [9.17, 15) is 9.46 Å². The number of rotatable bonds is 4. The maximum atomic E-state index is 11.3. The molecular formula is C8H19O2P. The molecule has 0 rings (SSSR count). The third kappa shape index (κ3) is 3.39. The first kappa shape index (κ1) is 11.2. The van der Waals surface area contributed by atoms with Crippen LogP contribution in [0.25, 0.3) is 0 Å². The van der Waals surface area contributed by atoms with Crippen molar-refractivity contribution in [3.63, 3.8) is 0 Å². The molecule has 0 spiro atoms. The van der Waals surface area contributed by atoms with Crippen molar-refractivity contribution in [2.75, 3.05) is 6.66 Å². The normalized spacial score (nSPS) is 17.9. The molecule has 0 aromatic carbocycles. The van der Waals surface area contributed by atoms with E-state index in [4.69, 9.17) is 0 Å². The lowest BCUT2D eigenvalue weighted by molar-refractivity contribution is 0.428. The maximum Gasteiger partial charge on any atom is 0.203 e. The monoisotopic (exact) mass is 178 g/mol. The molecule has 0 aromatic rings. The summed E-state index contributed by atoms with van der Waals surface area (Å²) in [6.45, 7) is 7.27. The Labute approximate surface area is 69.5 Å². The average Bonchev–Trinajstić information content (AvgIpc) is 1.81. The molecule has 2 nitrogen and oxygen atoms in total. The van der Waals surface area contributed by atoms with Crippen molar-refractivity contribution in [2.45, 2.75) is 45.2 Å². The van der Waals surface area contributed by atoms with E-state index in [2.05, 4.69) is 6.92 Å². The van der Waals surface area contributed by atoms with Crippen molar-refractivity contribution >= 4 is 7.37 Å². The summed E-state index contributed by atoms with van der Waals surface area (Å²) >= 11 is 0.